The maximum absolute atomic E-state index is 11.1. The van der Waals surface area contributed by atoms with E-state index >= 15 is 0 Å². The van der Waals surface area contributed by atoms with Crippen LogP contribution in [0.25, 0.3) is 0 Å². The van der Waals surface area contributed by atoms with E-state index in [1.165, 1.54) is 6.26 Å². The number of hydrogen-bond donors (Lipinski definition) is 1. The number of amides is 1. The van der Waals surface area contributed by atoms with Crippen LogP contribution in [0.5, 0.6) is 0 Å². The molecule has 1 fully saturated rings. The Hall–Kier alpha value is -1.78. The van der Waals surface area contributed by atoms with Gasteiger partial charge in [-0.25, -0.2) is 4.79 Å². The average molecular weight is 209 g/mol. The number of rotatable bonds is 2. The molecule has 2 aliphatic rings. The molecule has 5 nitrogen and oxygen atoms in total. The Balaban J connectivity index is 1.94. The van der Waals surface area contributed by atoms with Gasteiger partial charge in [-0.05, 0) is 13.3 Å². The average Bonchev–Trinajstić information content (AvgIpc) is 2.72. The van der Waals surface area contributed by atoms with E-state index in [1.807, 2.05) is 0 Å². The van der Waals surface area contributed by atoms with Gasteiger partial charge in [0, 0.05) is 18.2 Å². The Kier molecular flexibility index (Phi) is 2.45. The molecular formula is C10H11NO4. The van der Waals surface area contributed by atoms with Crippen LogP contribution in [-0.4, -0.2) is 24.7 Å². The Morgan fingerprint density at radius 3 is 2.93 bits per heavy atom. The highest BCUT2D eigenvalue weighted by Crippen LogP contribution is 2.16. The van der Waals surface area contributed by atoms with E-state index < -0.39 is 6.29 Å². The molecule has 0 radical (unpaired) electrons. The molecule has 80 valence electrons. The van der Waals surface area contributed by atoms with Crippen molar-refractivity contribution in [2.24, 2.45) is 0 Å². The molecule has 1 N–H and O–H groups in total. The van der Waals surface area contributed by atoms with Gasteiger partial charge < -0.3 is 14.8 Å². The van der Waals surface area contributed by atoms with Crippen molar-refractivity contribution in [1.29, 1.82) is 0 Å². The number of hydrogen-bond acceptors (Lipinski definition) is 4. The first kappa shape index (κ1) is 9.76. The number of carbonyl (C=O) groups excluding carboxylic acids is 2. The van der Waals surface area contributed by atoms with Crippen LogP contribution >= 0.6 is 0 Å². The van der Waals surface area contributed by atoms with Gasteiger partial charge in [0.2, 0.25) is 5.91 Å². The van der Waals surface area contributed by atoms with Gasteiger partial charge >= 0.3 is 5.97 Å². The van der Waals surface area contributed by atoms with Gasteiger partial charge in [0.15, 0.2) is 0 Å². The quantitative estimate of drug-likeness (QED) is 0.402. The second-order valence-corrected chi connectivity index (χ2v) is 3.41. The molecule has 0 aromatic heterocycles. The summed E-state index contributed by atoms with van der Waals surface area (Å²) in [6.45, 7) is 2.29. The highest BCUT2D eigenvalue weighted by molar-refractivity contribution is 5.95. The van der Waals surface area contributed by atoms with E-state index in [0.29, 0.717) is 24.1 Å². The SMILES string of the molecule is CC1=CC(OC=C2CCNC2=O)OC1=O. The van der Waals surface area contributed by atoms with E-state index in [4.69, 9.17) is 9.47 Å². The van der Waals surface area contributed by atoms with Crippen LogP contribution in [0.4, 0.5) is 0 Å². The van der Waals surface area contributed by atoms with Gasteiger partial charge in [0.1, 0.15) is 0 Å². The molecule has 1 unspecified atom stereocenters. The zero-order chi connectivity index (χ0) is 10.8. The van der Waals surface area contributed by atoms with Crippen molar-refractivity contribution in [3.8, 4) is 0 Å². The topological polar surface area (TPSA) is 64.6 Å². The second kappa shape index (κ2) is 3.76. The molecule has 2 heterocycles. The van der Waals surface area contributed by atoms with Crippen LogP contribution < -0.4 is 5.32 Å². The van der Waals surface area contributed by atoms with E-state index in [1.54, 1.807) is 13.0 Å². The van der Waals surface area contributed by atoms with Crippen LogP contribution in [0.1, 0.15) is 13.3 Å². The summed E-state index contributed by atoms with van der Waals surface area (Å²) < 4.78 is 9.99. The van der Waals surface area contributed by atoms with Crippen molar-refractivity contribution in [1.82, 2.24) is 5.32 Å². The van der Waals surface area contributed by atoms with Crippen molar-refractivity contribution in [2.75, 3.05) is 6.54 Å². The fourth-order valence-electron chi connectivity index (χ4n) is 1.37. The fourth-order valence-corrected chi connectivity index (χ4v) is 1.37. The predicted octanol–water partition coefficient (Wildman–Crippen LogP) is 0.236. The summed E-state index contributed by atoms with van der Waals surface area (Å²) >= 11 is 0. The third-order valence-electron chi connectivity index (χ3n) is 2.25. The first-order chi connectivity index (χ1) is 7.16. The zero-order valence-corrected chi connectivity index (χ0v) is 8.28. The molecule has 5 heteroatoms. The first-order valence-corrected chi connectivity index (χ1v) is 4.69. The molecule has 0 spiro atoms. The van der Waals surface area contributed by atoms with Crippen LogP contribution in [0, 0.1) is 0 Å². The Labute approximate surface area is 86.7 Å². The molecule has 1 saturated heterocycles. The lowest BCUT2D eigenvalue weighted by Crippen LogP contribution is -2.15. The van der Waals surface area contributed by atoms with E-state index in [2.05, 4.69) is 5.32 Å². The van der Waals surface area contributed by atoms with E-state index in [0.717, 1.165) is 0 Å². The summed E-state index contributed by atoms with van der Waals surface area (Å²) in [5.74, 6) is -0.505. The molecule has 0 aromatic rings. The van der Waals surface area contributed by atoms with Crippen molar-refractivity contribution in [3.05, 3.63) is 23.5 Å². The van der Waals surface area contributed by atoms with Gasteiger partial charge in [0.25, 0.3) is 6.29 Å². The minimum Gasteiger partial charge on any atom is -0.458 e. The summed E-state index contributed by atoms with van der Waals surface area (Å²) in [7, 11) is 0. The summed E-state index contributed by atoms with van der Waals surface area (Å²) in [5, 5.41) is 2.65. The third kappa shape index (κ3) is 2.01. The number of ether oxygens (including phenoxy) is 2. The van der Waals surface area contributed by atoms with Gasteiger partial charge in [-0.15, -0.1) is 0 Å². The van der Waals surface area contributed by atoms with E-state index in [-0.39, 0.29) is 11.9 Å². The molecule has 2 rings (SSSR count). The summed E-state index contributed by atoms with van der Waals surface area (Å²) in [6, 6.07) is 0. The van der Waals surface area contributed by atoms with Gasteiger partial charge in [-0.2, -0.15) is 0 Å². The van der Waals surface area contributed by atoms with Crippen LogP contribution in [0.2, 0.25) is 0 Å². The lowest BCUT2D eigenvalue weighted by molar-refractivity contribution is -0.152. The normalized spacial score (nSPS) is 27.7. The maximum atomic E-state index is 11.1. The Morgan fingerprint density at radius 1 is 1.60 bits per heavy atom. The summed E-state index contributed by atoms with van der Waals surface area (Å²) in [6.07, 6.45) is 2.88. The molecule has 1 atom stereocenters. The number of cyclic esters (lactones) is 1. The molecule has 0 aliphatic carbocycles. The minimum atomic E-state index is -0.696. The zero-order valence-electron chi connectivity index (χ0n) is 8.28. The standard InChI is InChI=1S/C10H11NO4/c1-6-4-8(15-10(6)13)14-5-7-2-3-11-9(7)12/h4-5,8H,2-3H2,1H3,(H,11,12). The smallest absolute Gasteiger partial charge is 0.336 e. The summed E-state index contributed by atoms with van der Waals surface area (Å²) in [5.41, 5.74) is 1.10. The van der Waals surface area contributed by atoms with Crippen molar-refractivity contribution in [3.63, 3.8) is 0 Å². The highest BCUT2D eigenvalue weighted by Gasteiger charge is 2.23. The molecule has 0 saturated carbocycles. The Bertz CT molecular complexity index is 370. The molecule has 15 heavy (non-hydrogen) atoms. The molecule has 0 aromatic carbocycles. The van der Waals surface area contributed by atoms with Gasteiger partial charge in [-0.1, -0.05) is 0 Å². The largest absolute Gasteiger partial charge is 0.458 e. The van der Waals surface area contributed by atoms with Crippen molar-refractivity contribution >= 4 is 11.9 Å². The molecule has 2 aliphatic heterocycles. The second-order valence-electron chi connectivity index (χ2n) is 3.41. The maximum Gasteiger partial charge on any atom is 0.336 e. The third-order valence-corrected chi connectivity index (χ3v) is 2.25. The number of nitrogens with one attached hydrogen (secondary N) is 1. The predicted molar refractivity (Wildman–Crippen MR) is 50.4 cm³/mol. The minimum absolute atomic E-state index is 0.125. The first-order valence-electron chi connectivity index (χ1n) is 4.69. The Morgan fingerprint density at radius 2 is 2.40 bits per heavy atom. The van der Waals surface area contributed by atoms with Gasteiger partial charge in [0.05, 0.1) is 11.8 Å². The lowest BCUT2D eigenvalue weighted by Gasteiger charge is -2.07. The van der Waals surface area contributed by atoms with Crippen LogP contribution in [0.3, 0.4) is 0 Å². The van der Waals surface area contributed by atoms with Crippen LogP contribution in [0.15, 0.2) is 23.5 Å². The highest BCUT2D eigenvalue weighted by atomic mass is 16.7. The molecule has 0 bridgehead atoms. The van der Waals surface area contributed by atoms with Crippen LogP contribution in [-0.2, 0) is 19.1 Å². The van der Waals surface area contributed by atoms with Crippen molar-refractivity contribution in [2.45, 2.75) is 19.6 Å². The fraction of sp³-hybridized carbons (Fsp3) is 0.400. The monoisotopic (exact) mass is 209 g/mol. The summed E-state index contributed by atoms with van der Waals surface area (Å²) in [4.78, 5) is 22.1. The van der Waals surface area contributed by atoms with Crippen molar-refractivity contribution < 1.29 is 19.1 Å². The van der Waals surface area contributed by atoms with E-state index in [9.17, 15) is 9.59 Å². The number of carbonyl (C=O) groups is 2. The lowest BCUT2D eigenvalue weighted by atomic mass is 10.2. The molecular weight excluding hydrogens is 198 g/mol. The number of esters is 1. The van der Waals surface area contributed by atoms with Gasteiger partial charge in [-0.3, -0.25) is 4.79 Å². The molecule has 1 amide bonds.